The molecule has 0 aliphatic rings. The molecule has 0 aromatic rings. The Balaban J connectivity index is 4.32. The second kappa shape index (κ2) is 6.69. The third-order valence-corrected chi connectivity index (χ3v) is 1.95. The molecule has 0 saturated carbocycles. The SMILES string of the molecule is C#CC(CC)NC(=O)NC(C(=O)O)C(C)O. The molecular formula is C10H16N2O4. The minimum atomic E-state index is -1.35. The number of hydrogen-bond acceptors (Lipinski definition) is 3. The van der Waals surface area contributed by atoms with Crippen LogP contribution in [-0.4, -0.2) is 40.4 Å². The van der Waals surface area contributed by atoms with Gasteiger partial charge in [0.25, 0.3) is 0 Å². The fraction of sp³-hybridized carbons (Fsp3) is 0.600. The molecule has 0 saturated heterocycles. The number of aliphatic hydroxyl groups is 1. The molecule has 0 spiro atoms. The van der Waals surface area contributed by atoms with Crippen molar-refractivity contribution in [3.63, 3.8) is 0 Å². The molecule has 0 heterocycles. The van der Waals surface area contributed by atoms with Crippen molar-refractivity contribution in [3.05, 3.63) is 0 Å². The lowest BCUT2D eigenvalue weighted by atomic mass is 10.2. The monoisotopic (exact) mass is 228 g/mol. The van der Waals surface area contributed by atoms with Gasteiger partial charge in [0.2, 0.25) is 0 Å². The number of carboxylic acid groups (broad SMARTS) is 1. The van der Waals surface area contributed by atoms with Gasteiger partial charge in [-0.05, 0) is 13.3 Å². The molecule has 0 aromatic carbocycles. The van der Waals surface area contributed by atoms with E-state index in [0.29, 0.717) is 6.42 Å². The highest BCUT2D eigenvalue weighted by Gasteiger charge is 2.25. The van der Waals surface area contributed by atoms with Crippen molar-refractivity contribution in [3.8, 4) is 12.3 Å². The minimum absolute atomic E-state index is 0.455. The standard InChI is InChI=1S/C10H16N2O4/c1-4-7(5-2)11-10(16)12-8(6(3)13)9(14)15/h1,6-8,13H,5H2,2-3H3,(H,14,15)(H2,11,12,16). The molecule has 0 rings (SSSR count). The maximum atomic E-state index is 11.3. The molecule has 6 heteroatoms. The van der Waals surface area contributed by atoms with Crippen LogP contribution < -0.4 is 10.6 Å². The van der Waals surface area contributed by atoms with Crippen molar-refractivity contribution in [2.24, 2.45) is 0 Å². The maximum Gasteiger partial charge on any atom is 0.328 e. The Morgan fingerprint density at radius 2 is 2.00 bits per heavy atom. The highest BCUT2D eigenvalue weighted by atomic mass is 16.4. The van der Waals surface area contributed by atoms with Crippen LogP contribution in [0.5, 0.6) is 0 Å². The van der Waals surface area contributed by atoms with Gasteiger partial charge in [-0.15, -0.1) is 6.42 Å². The number of carbonyl (C=O) groups excluding carboxylic acids is 1. The van der Waals surface area contributed by atoms with Gasteiger partial charge in [0.05, 0.1) is 12.1 Å². The van der Waals surface area contributed by atoms with Crippen LogP contribution in [0.2, 0.25) is 0 Å². The van der Waals surface area contributed by atoms with Crippen LogP contribution >= 0.6 is 0 Å². The normalized spacial score (nSPS) is 15.4. The van der Waals surface area contributed by atoms with Crippen LogP contribution in [0.15, 0.2) is 0 Å². The highest BCUT2D eigenvalue weighted by molar-refractivity contribution is 5.83. The fourth-order valence-corrected chi connectivity index (χ4v) is 0.991. The molecule has 3 unspecified atom stereocenters. The number of hydrogen-bond donors (Lipinski definition) is 4. The molecular weight excluding hydrogens is 212 g/mol. The number of urea groups is 1. The Kier molecular flexibility index (Phi) is 5.96. The Bertz CT molecular complexity index is 296. The van der Waals surface area contributed by atoms with E-state index in [2.05, 4.69) is 16.6 Å². The number of nitrogens with one attached hydrogen (secondary N) is 2. The highest BCUT2D eigenvalue weighted by Crippen LogP contribution is 1.94. The Morgan fingerprint density at radius 3 is 2.31 bits per heavy atom. The molecule has 0 bridgehead atoms. The Labute approximate surface area is 94.0 Å². The van der Waals surface area contributed by atoms with Gasteiger partial charge in [0, 0.05) is 0 Å². The van der Waals surface area contributed by atoms with Crippen LogP contribution in [0.1, 0.15) is 20.3 Å². The van der Waals surface area contributed by atoms with Crippen LogP contribution in [-0.2, 0) is 4.79 Å². The summed E-state index contributed by atoms with van der Waals surface area (Å²) in [6.07, 6.45) is 4.48. The maximum absolute atomic E-state index is 11.3. The topological polar surface area (TPSA) is 98.7 Å². The van der Waals surface area contributed by atoms with Crippen LogP contribution in [0.25, 0.3) is 0 Å². The van der Waals surface area contributed by atoms with Crippen LogP contribution in [0.3, 0.4) is 0 Å². The van der Waals surface area contributed by atoms with Crippen molar-refractivity contribution >= 4 is 12.0 Å². The molecule has 0 aromatic heterocycles. The third-order valence-electron chi connectivity index (χ3n) is 1.95. The van der Waals surface area contributed by atoms with Gasteiger partial charge in [-0.2, -0.15) is 0 Å². The van der Waals surface area contributed by atoms with E-state index >= 15 is 0 Å². The molecule has 90 valence electrons. The lowest BCUT2D eigenvalue weighted by molar-refractivity contribution is -0.141. The zero-order valence-electron chi connectivity index (χ0n) is 9.23. The van der Waals surface area contributed by atoms with E-state index in [-0.39, 0.29) is 0 Å². The lowest BCUT2D eigenvalue weighted by Crippen LogP contribution is -2.52. The lowest BCUT2D eigenvalue weighted by Gasteiger charge is -2.18. The first-order valence-corrected chi connectivity index (χ1v) is 4.86. The second-order valence-electron chi connectivity index (χ2n) is 3.30. The van der Waals surface area contributed by atoms with Crippen LogP contribution in [0, 0.1) is 12.3 Å². The van der Waals surface area contributed by atoms with E-state index in [0.717, 1.165) is 0 Å². The summed E-state index contributed by atoms with van der Waals surface area (Å²) in [5, 5.41) is 22.3. The average molecular weight is 228 g/mol. The summed E-state index contributed by atoms with van der Waals surface area (Å²) in [5.74, 6) is 1.03. The number of aliphatic carboxylic acids is 1. The van der Waals surface area contributed by atoms with E-state index in [1.54, 1.807) is 6.92 Å². The predicted molar refractivity (Wildman–Crippen MR) is 57.7 cm³/mol. The summed E-state index contributed by atoms with van der Waals surface area (Å²) in [7, 11) is 0. The first-order chi connectivity index (χ1) is 7.42. The van der Waals surface area contributed by atoms with Crippen molar-refractivity contribution in [1.29, 1.82) is 0 Å². The van der Waals surface area contributed by atoms with E-state index in [1.807, 2.05) is 0 Å². The van der Waals surface area contributed by atoms with E-state index in [4.69, 9.17) is 16.6 Å². The minimum Gasteiger partial charge on any atom is -0.480 e. The van der Waals surface area contributed by atoms with Gasteiger partial charge in [0.1, 0.15) is 0 Å². The number of aliphatic hydroxyl groups excluding tert-OH is 1. The average Bonchev–Trinajstić information content (AvgIpc) is 2.21. The largest absolute Gasteiger partial charge is 0.480 e. The molecule has 0 radical (unpaired) electrons. The number of amides is 2. The van der Waals surface area contributed by atoms with Gasteiger partial charge < -0.3 is 20.8 Å². The number of terminal acetylenes is 1. The first-order valence-electron chi connectivity index (χ1n) is 4.86. The van der Waals surface area contributed by atoms with Gasteiger partial charge in [-0.3, -0.25) is 0 Å². The first kappa shape index (κ1) is 14.3. The second-order valence-corrected chi connectivity index (χ2v) is 3.30. The molecule has 3 atom stereocenters. The summed E-state index contributed by atoms with van der Waals surface area (Å²) in [5.41, 5.74) is 0. The number of carbonyl (C=O) groups is 2. The molecule has 2 amide bonds. The predicted octanol–water partition coefficient (Wildman–Crippen LogP) is -0.469. The molecule has 0 aliphatic carbocycles. The summed E-state index contributed by atoms with van der Waals surface area (Å²) in [4.78, 5) is 22.0. The van der Waals surface area contributed by atoms with Crippen molar-refractivity contribution in [2.45, 2.75) is 38.5 Å². The Morgan fingerprint density at radius 1 is 1.44 bits per heavy atom. The zero-order chi connectivity index (χ0) is 12.7. The molecule has 16 heavy (non-hydrogen) atoms. The van der Waals surface area contributed by atoms with E-state index < -0.39 is 30.2 Å². The molecule has 4 N–H and O–H groups in total. The Hall–Kier alpha value is -1.74. The number of rotatable bonds is 5. The summed E-state index contributed by atoms with van der Waals surface area (Å²) in [6.45, 7) is 3.06. The zero-order valence-corrected chi connectivity index (χ0v) is 9.23. The molecule has 6 nitrogen and oxygen atoms in total. The van der Waals surface area contributed by atoms with Gasteiger partial charge >= 0.3 is 12.0 Å². The van der Waals surface area contributed by atoms with Crippen molar-refractivity contribution < 1.29 is 19.8 Å². The molecule has 0 aliphatic heterocycles. The number of carboxylic acids is 1. The summed E-state index contributed by atoms with van der Waals surface area (Å²) >= 11 is 0. The van der Waals surface area contributed by atoms with Crippen molar-refractivity contribution in [1.82, 2.24) is 10.6 Å². The van der Waals surface area contributed by atoms with E-state index in [1.165, 1.54) is 6.92 Å². The van der Waals surface area contributed by atoms with Gasteiger partial charge in [0.15, 0.2) is 6.04 Å². The third kappa shape index (κ3) is 4.66. The van der Waals surface area contributed by atoms with Crippen LogP contribution in [0.4, 0.5) is 4.79 Å². The fourth-order valence-electron chi connectivity index (χ4n) is 0.991. The quantitative estimate of drug-likeness (QED) is 0.478. The summed E-state index contributed by atoms with van der Waals surface area (Å²) in [6, 6.07) is -2.52. The summed E-state index contributed by atoms with van der Waals surface area (Å²) < 4.78 is 0. The smallest absolute Gasteiger partial charge is 0.328 e. The van der Waals surface area contributed by atoms with E-state index in [9.17, 15) is 9.59 Å². The van der Waals surface area contributed by atoms with Gasteiger partial charge in [-0.1, -0.05) is 12.8 Å². The van der Waals surface area contributed by atoms with Gasteiger partial charge in [-0.25, -0.2) is 9.59 Å². The van der Waals surface area contributed by atoms with Crippen molar-refractivity contribution in [2.75, 3.05) is 0 Å². The molecule has 0 fully saturated rings.